The Morgan fingerprint density at radius 1 is 1.17 bits per heavy atom. The first kappa shape index (κ1) is 20.2. The molecule has 3 aromatic rings. The molecule has 0 fully saturated rings. The number of alkyl halides is 3. The number of hydrogen-bond donors (Lipinski definition) is 2. The van der Waals surface area contributed by atoms with Crippen molar-refractivity contribution in [3.63, 3.8) is 0 Å². The molecular formula is C22H19F4N3O. The second-order valence-corrected chi connectivity index (χ2v) is 7.22. The molecule has 30 heavy (non-hydrogen) atoms. The maximum Gasteiger partial charge on any atom is 0.416 e. The summed E-state index contributed by atoms with van der Waals surface area (Å²) in [5, 5.41) is 5.81. The summed E-state index contributed by atoms with van der Waals surface area (Å²) in [5.74, 6) is -1.07. The van der Waals surface area contributed by atoms with Gasteiger partial charge >= 0.3 is 6.18 Å². The third-order valence-corrected chi connectivity index (χ3v) is 5.08. The number of carbonyl (C=O) groups is 1. The number of nitrogens with one attached hydrogen (secondary N) is 2. The van der Waals surface area contributed by atoms with Crippen molar-refractivity contribution in [3.05, 3.63) is 88.5 Å². The molecule has 8 heteroatoms. The number of nitrogens with zero attached hydrogens (tertiary/aromatic N) is 1. The number of anilines is 1. The number of rotatable bonds is 4. The van der Waals surface area contributed by atoms with Gasteiger partial charge in [0, 0.05) is 25.5 Å². The van der Waals surface area contributed by atoms with Gasteiger partial charge in [-0.2, -0.15) is 13.2 Å². The van der Waals surface area contributed by atoms with E-state index in [-0.39, 0.29) is 12.1 Å². The number of amides is 1. The first-order chi connectivity index (χ1) is 14.3. The molecule has 0 atom stereocenters. The molecule has 1 aliphatic rings. The SMILES string of the molecule is O=C(Nc1ccn(Cc2cccc(C(F)(F)F)c2)c1)c1ccc2c(c1F)CCNC2. The van der Waals surface area contributed by atoms with E-state index in [2.05, 4.69) is 10.6 Å². The van der Waals surface area contributed by atoms with E-state index in [1.54, 1.807) is 35.2 Å². The molecule has 2 aromatic carbocycles. The Hall–Kier alpha value is -3.13. The van der Waals surface area contributed by atoms with Gasteiger partial charge in [0.1, 0.15) is 5.82 Å². The lowest BCUT2D eigenvalue weighted by molar-refractivity contribution is -0.137. The molecule has 4 rings (SSSR count). The van der Waals surface area contributed by atoms with E-state index in [1.807, 2.05) is 0 Å². The van der Waals surface area contributed by atoms with E-state index < -0.39 is 23.5 Å². The number of carbonyl (C=O) groups excluding carboxylic acids is 1. The Morgan fingerprint density at radius 3 is 2.80 bits per heavy atom. The zero-order chi connectivity index (χ0) is 21.3. The molecule has 0 saturated heterocycles. The van der Waals surface area contributed by atoms with Gasteiger partial charge in [-0.05, 0) is 53.9 Å². The molecule has 1 amide bonds. The minimum atomic E-state index is -4.40. The average molecular weight is 417 g/mol. The molecule has 0 spiro atoms. The molecule has 0 aliphatic carbocycles. The Kier molecular flexibility index (Phi) is 5.34. The van der Waals surface area contributed by atoms with Crippen LogP contribution in [0, 0.1) is 5.82 Å². The molecule has 156 valence electrons. The molecule has 0 saturated carbocycles. The van der Waals surface area contributed by atoms with Crippen LogP contribution < -0.4 is 10.6 Å². The summed E-state index contributed by atoms with van der Waals surface area (Å²) in [5.41, 5.74) is 1.59. The highest BCUT2D eigenvalue weighted by atomic mass is 19.4. The van der Waals surface area contributed by atoms with Gasteiger partial charge in [0.2, 0.25) is 0 Å². The first-order valence-corrected chi connectivity index (χ1v) is 9.45. The lowest BCUT2D eigenvalue weighted by atomic mass is 9.97. The van der Waals surface area contributed by atoms with Crippen molar-refractivity contribution < 1.29 is 22.4 Å². The minimum Gasteiger partial charge on any atom is -0.348 e. The van der Waals surface area contributed by atoms with E-state index in [0.29, 0.717) is 36.3 Å². The lowest BCUT2D eigenvalue weighted by Crippen LogP contribution is -2.26. The van der Waals surface area contributed by atoms with Crippen LogP contribution in [0.3, 0.4) is 0 Å². The standard InChI is InChI=1S/C22H19F4N3O/c23-20-18-6-8-27-11-15(18)4-5-19(20)21(30)28-17-7-9-29(13-17)12-14-2-1-3-16(10-14)22(24,25)26/h1-5,7,9-10,13,27H,6,8,11-12H2,(H,28,30). The molecule has 2 N–H and O–H groups in total. The fourth-order valence-corrected chi connectivity index (χ4v) is 3.58. The van der Waals surface area contributed by atoms with Gasteiger partial charge in [-0.25, -0.2) is 4.39 Å². The minimum absolute atomic E-state index is 0.0266. The molecule has 1 aliphatic heterocycles. The van der Waals surface area contributed by atoms with Gasteiger partial charge in [0.25, 0.3) is 5.91 Å². The van der Waals surface area contributed by atoms with E-state index in [0.717, 1.165) is 17.7 Å². The average Bonchev–Trinajstić information content (AvgIpc) is 3.14. The van der Waals surface area contributed by atoms with Crippen molar-refractivity contribution in [2.24, 2.45) is 0 Å². The summed E-state index contributed by atoms with van der Waals surface area (Å²) in [4.78, 5) is 12.5. The molecular weight excluding hydrogens is 398 g/mol. The highest BCUT2D eigenvalue weighted by Gasteiger charge is 2.30. The van der Waals surface area contributed by atoms with Crippen molar-refractivity contribution in [1.82, 2.24) is 9.88 Å². The summed E-state index contributed by atoms with van der Waals surface area (Å²) in [7, 11) is 0. The van der Waals surface area contributed by atoms with E-state index in [1.165, 1.54) is 12.1 Å². The zero-order valence-corrected chi connectivity index (χ0v) is 15.9. The van der Waals surface area contributed by atoms with Crippen LogP contribution in [0.15, 0.2) is 54.9 Å². The quantitative estimate of drug-likeness (QED) is 0.610. The monoisotopic (exact) mass is 417 g/mol. The van der Waals surface area contributed by atoms with Crippen LogP contribution in [0.2, 0.25) is 0 Å². The molecule has 2 heterocycles. The molecule has 0 unspecified atom stereocenters. The van der Waals surface area contributed by atoms with E-state index >= 15 is 0 Å². The molecule has 0 bridgehead atoms. The summed E-state index contributed by atoms with van der Waals surface area (Å²) in [6, 6.07) is 9.91. The van der Waals surface area contributed by atoms with Crippen molar-refractivity contribution in [2.75, 3.05) is 11.9 Å². The number of halogens is 4. The van der Waals surface area contributed by atoms with Crippen LogP contribution in [-0.4, -0.2) is 17.0 Å². The maximum absolute atomic E-state index is 14.7. The predicted octanol–water partition coefficient (Wildman–Crippen LogP) is 4.59. The smallest absolute Gasteiger partial charge is 0.348 e. The maximum atomic E-state index is 14.7. The summed E-state index contributed by atoms with van der Waals surface area (Å²) >= 11 is 0. The second-order valence-electron chi connectivity index (χ2n) is 7.22. The van der Waals surface area contributed by atoms with Crippen LogP contribution in [0.4, 0.5) is 23.2 Å². The Bertz CT molecular complexity index is 1090. The van der Waals surface area contributed by atoms with E-state index in [4.69, 9.17) is 0 Å². The second kappa shape index (κ2) is 7.95. The van der Waals surface area contributed by atoms with Crippen molar-refractivity contribution in [1.29, 1.82) is 0 Å². The van der Waals surface area contributed by atoms with Crippen LogP contribution in [0.5, 0.6) is 0 Å². The fraction of sp³-hybridized carbons (Fsp3) is 0.227. The Balaban J connectivity index is 1.47. The normalized spacial score (nSPS) is 13.7. The summed E-state index contributed by atoms with van der Waals surface area (Å²) in [6.07, 6.45) is -0.639. The summed E-state index contributed by atoms with van der Waals surface area (Å²) in [6.45, 7) is 1.44. The topological polar surface area (TPSA) is 46.1 Å². The first-order valence-electron chi connectivity index (χ1n) is 9.45. The number of fused-ring (bicyclic) bond motifs is 1. The predicted molar refractivity (Wildman–Crippen MR) is 105 cm³/mol. The highest BCUT2D eigenvalue weighted by molar-refractivity contribution is 6.04. The van der Waals surface area contributed by atoms with Crippen molar-refractivity contribution in [2.45, 2.75) is 25.7 Å². The fourth-order valence-electron chi connectivity index (χ4n) is 3.58. The van der Waals surface area contributed by atoms with Crippen LogP contribution in [0.25, 0.3) is 0 Å². The Morgan fingerprint density at radius 2 is 2.00 bits per heavy atom. The molecule has 4 nitrogen and oxygen atoms in total. The molecule has 0 radical (unpaired) electrons. The van der Waals surface area contributed by atoms with Crippen molar-refractivity contribution in [3.8, 4) is 0 Å². The number of benzene rings is 2. The van der Waals surface area contributed by atoms with Crippen LogP contribution in [-0.2, 0) is 25.7 Å². The zero-order valence-electron chi connectivity index (χ0n) is 15.9. The molecule has 1 aromatic heterocycles. The number of hydrogen-bond acceptors (Lipinski definition) is 2. The third kappa shape index (κ3) is 4.23. The van der Waals surface area contributed by atoms with Gasteiger partial charge in [-0.15, -0.1) is 0 Å². The van der Waals surface area contributed by atoms with Gasteiger partial charge in [-0.1, -0.05) is 18.2 Å². The highest BCUT2D eigenvalue weighted by Crippen LogP contribution is 2.30. The van der Waals surface area contributed by atoms with Gasteiger partial charge in [0.15, 0.2) is 0 Å². The van der Waals surface area contributed by atoms with Gasteiger partial charge < -0.3 is 15.2 Å². The van der Waals surface area contributed by atoms with E-state index in [9.17, 15) is 22.4 Å². The lowest BCUT2D eigenvalue weighted by Gasteiger charge is -2.19. The van der Waals surface area contributed by atoms with Crippen LogP contribution in [0.1, 0.15) is 32.6 Å². The van der Waals surface area contributed by atoms with Crippen molar-refractivity contribution >= 4 is 11.6 Å². The number of aromatic nitrogens is 1. The Labute approximate surface area is 170 Å². The van der Waals surface area contributed by atoms with Gasteiger partial charge in [0.05, 0.1) is 16.8 Å². The summed E-state index contributed by atoms with van der Waals surface area (Å²) < 4.78 is 55.0. The largest absolute Gasteiger partial charge is 0.416 e. The third-order valence-electron chi connectivity index (χ3n) is 5.08. The van der Waals surface area contributed by atoms with Gasteiger partial charge in [-0.3, -0.25) is 4.79 Å². The van der Waals surface area contributed by atoms with Crippen LogP contribution >= 0.6 is 0 Å².